The molecule has 60 valence electrons. The highest BCUT2D eigenvalue weighted by Gasteiger charge is 2.39. The molecular weight excluding hydrogens is 148 g/mol. The Hall–Kier alpha value is -1.33. The molecule has 1 aliphatic rings. The first-order valence-corrected chi connectivity index (χ1v) is 4.01. The molecule has 0 radical (unpaired) electrons. The van der Waals surface area contributed by atoms with E-state index in [0.29, 0.717) is 5.69 Å². The van der Waals surface area contributed by atoms with Crippen molar-refractivity contribution in [1.29, 1.82) is 0 Å². The Morgan fingerprint density at radius 2 is 1.83 bits per heavy atom. The van der Waals surface area contributed by atoms with Gasteiger partial charge in [-0.05, 0) is 18.4 Å². The maximum Gasteiger partial charge on any atom is 0.187 e. The van der Waals surface area contributed by atoms with Crippen LogP contribution in [0, 0.1) is 6.57 Å². The van der Waals surface area contributed by atoms with E-state index in [1.807, 2.05) is 24.3 Å². The van der Waals surface area contributed by atoms with Crippen LogP contribution in [0.5, 0.6) is 0 Å². The van der Waals surface area contributed by atoms with Crippen LogP contribution in [0.1, 0.15) is 18.4 Å². The van der Waals surface area contributed by atoms with E-state index in [2.05, 4.69) is 4.85 Å². The first-order chi connectivity index (χ1) is 5.74. The highest BCUT2D eigenvalue weighted by Crippen LogP contribution is 2.42. The summed E-state index contributed by atoms with van der Waals surface area (Å²) in [5, 5.41) is 0. The van der Waals surface area contributed by atoms with Crippen molar-refractivity contribution in [3.63, 3.8) is 0 Å². The second kappa shape index (κ2) is 2.33. The molecule has 2 N–H and O–H groups in total. The van der Waals surface area contributed by atoms with E-state index in [-0.39, 0.29) is 5.54 Å². The molecule has 12 heavy (non-hydrogen) atoms. The average molecular weight is 158 g/mol. The lowest BCUT2D eigenvalue weighted by molar-refractivity contribution is 0.740. The van der Waals surface area contributed by atoms with Crippen molar-refractivity contribution in [3.05, 3.63) is 41.2 Å². The average Bonchev–Trinajstić information content (AvgIpc) is 2.85. The molecule has 0 atom stereocenters. The van der Waals surface area contributed by atoms with E-state index >= 15 is 0 Å². The predicted molar refractivity (Wildman–Crippen MR) is 47.8 cm³/mol. The second-order valence-electron chi connectivity index (χ2n) is 3.31. The monoisotopic (exact) mass is 158 g/mol. The van der Waals surface area contributed by atoms with Gasteiger partial charge in [0.2, 0.25) is 0 Å². The first kappa shape index (κ1) is 7.33. The van der Waals surface area contributed by atoms with E-state index < -0.39 is 0 Å². The highest BCUT2D eigenvalue weighted by atomic mass is 14.8. The number of hydrogen-bond acceptors (Lipinski definition) is 1. The molecule has 0 saturated heterocycles. The fraction of sp³-hybridized carbons (Fsp3) is 0.300. The first-order valence-electron chi connectivity index (χ1n) is 4.01. The van der Waals surface area contributed by atoms with Crippen LogP contribution in [0.15, 0.2) is 24.3 Å². The molecule has 2 nitrogen and oxygen atoms in total. The third kappa shape index (κ3) is 1.09. The van der Waals surface area contributed by atoms with E-state index in [4.69, 9.17) is 12.3 Å². The summed E-state index contributed by atoms with van der Waals surface area (Å²) in [6.07, 6.45) is 2.15. The number of nitrogens with two attached hydrogens (primary N) is 1. The lowest BCUT2D eigenvalue weighted by atomic mass is 10.1. The number of nitrogens with zero attached hydrogens (tertiary/aromatic N) is 1. The van der Waals surface area contributed by atoms with Crippen LogP contribution in [0.3, 0.4) is 0 Å². The highest BCUT2D eigenvalue weighted by molar-refractivity contribution is 5.47. The zero-order valence-electron chi connectivity index (χ0n) is 6.75. The second-order valence-corrected chi connectivity index (χ2v) is 3.31. The van der Waals surface area contributed by atoms with E-state index in [1.54, 1.807) is 0 Å². The summed E-state index contributed by atoms with van der Waals surface area (Å²) in [6.45, 7) is 6.78. The minimum absolute atomic E-state index is 0.0689. The molecule has 0 bridgehead atoms. The van der Waals surface area contributed by atoms with E-state index in [1.165, 1.54) is 0 Å². The van der Waals surface area contributed by atoms with Crippen molar-refractivity contribution in [1.82, 2.24) is 0 Å². The van der Waals surface area contributed by atoms with Crippen LogP contribution in [-0.4, -0.2) is 0 Å². The van der Waals surface area contributed by atoms with Crippen molar-refractivity contribution in [3.8, 4) is 0 Å². The van der Waals surface area contributed by atoms with Gasteiger partial charge in [0.15, 0.2) is 5.69 Å². The molecule has 1 saturated carbocycles. The zero-order valence-corrected chi connectivity index (χ0v) is 6.75. The molecule has 0 aliphatic heterocycles. The zero-order chi connectivity index (χ0) is 8.60. The normalized spacial score (nSPS) is 18.3. The van der Waals surface area contributed by atoms with Gasteiger partial charge in [-0.25, -0.2) is 4.85 Å². The summed E-state index contributed by atoms with van der Waals surface area (Å²) in [5.74, 6) is 0. The van der Waals surface area contributed by atoms with Gasteiger partial charge < -0.3 is 5.73 Å². The maximum atomic E-state index is 6.78. The molecule has 1 fully saturated rings. The van der Waals surface area contributed by atoms with Gasteiger partial charge in [0, 0.05) is 5.54 Å². The minimum atomic E-state index is -0.0689. The molecule has 0 aromatic heterocycles. The van der Waals surface area contributed by atoms with Gasteiger partial charge in [-0.3, -0.25) is 0 Å². The summed E-state index contributed by atoms with van der Waals surface area (Å²) in [7, 11) is 0. The van der Waals surface area contributed by atoms with Crippen LogP contribution in [0.25, 0.3) is 4.85 Å². The molecule has 0 amide bonds. The van der Waals surface area contributed by atoms with Crippen LogP contribution in [0.2, 0.25) is 0 Å². The summed E-state index contributed by atoms with van der Waals surface area (Å²) in [5.41, 5.74) is 7.76. The summed E-state index contributed by atoms with van der Waals surface area (Å²) in [4.78, 5) is 3.32. The molecule has 1 aromatic rings. The smallest absolute Gasteiger partial charge is 0.187 e. The third-order valence-corrected chi connectivity index (χ3v) is 2.36. The van der Waals surface area contributed by atoms with Gasteiger partial charge >= 0.3 is 0 Å². The van der Waals surface area contributed by atoms with Gasteiger partial charge in [-0.1, -0.05) is 24.3 Å². The van der Waals surface area contributed by atoms with Gasteiger partial charge in [-0.2, -0.15) is 0 Å². The van der Waals surface area contributed by atoms with Gasteiger partial charge in [0.1, 0.15) is 0 Å². The van der Waals surface area contributed by atoms with Crippen molar-refractivity contribution in [2.75, 3.05) is 0 Å². The Labute approximate surface area is 71.8 Å². The van der Waals surface area contributed by atoms with Crippen molar-refractivity contribution >= 4 is 5.69 Å². The SMILES string of the molecule is [C-]#[N+]c1ccc(C2(N)CC2)cc1. The summed E-state index contributed by atoms with van der Waals surface area (Å²) >= 11 is 0. The molecule has 2 heteroatoms. The molecule has 0 spiro atoms. The van der Waals surface area contributed by atoms with Crippen molar-refractivity contribution < 1.29 is 0 Å². The Bertz CT molecular complexity index is 328. The Balaban J connectivity index is 2.32. The lowest BCUT2D eigenvalue weighted by Gasteiger charge is -2.07. The molecule has 0 heterocycles. The predicted octanol–water partition coefficient (Wildman–Crippen LogP) is 2.19. The van der Waals surface area contributed by atoms with Crippen LogP contribution >= 0.6 is 0 Å². The van der Waals surface area contributed by atoms with Crippen molar-refractivity contribution in [2.45, 2.75) is 18.4 Å². The number of rotatable bonds is 1. The largest absolute Gasteiger partial charge is 0.321 e. The maximum absolute atomic E-state index is 6.78. The number of benzene rings is 1. The van der Waals surface area contributed by atoms with Crippen LogP contribution in [0.4, 0.5) is 5.69 Å². The minimum Gasteiger partial charge on any atom is -0.321 e. The standard InChI is InChI=1S/C10H10N2/c1-12-9-4-2-8(3-5-9)10(11)6-7-10/h2-5H,6-7,11H2. The Kier molecular flexibility index (Phi) is 1.42. The number of hydrogen-bond donors (Lipinski definition) is 1. The quantitative estimate of drug-likeness (QED) is 0.624. The lowest BCUT2D eigenvalue weighted by Crippen LogP contribution is -2.18. The molecular formula is C10H10N2. The third-order valence-electron chi connectivity index (χ3n) is 2.36. The topological polar surface area (TPSA) is 30.4 Å². The fourth-order valence-electron chi connectivity index (χ4n) is 1.29. The van der Waals surface area contributed by atoms with E-state index in [0.717, 1.165) is 18.4 Å². The summed E-state index contributed by atoms with van der Waals surface area (Å²) < 4.78 is 0. The fourth-order valence-corrected chi connectivity index (χ4v) is 1.29. The van der Waals surface area contributed by atoms with Crippen molar-refractivity contribution in [2.24, 2.45) is 5.73 Å². The Morgan fingerprint density at radius 1 is 1.25 bits per heavy atom. The molecule has 1 aromatic carbocycles. The van der Waals surface area contributed by atoms with Crippen LogP contribution < -0.4 is 5.73 Å². The van der Waals surface area contributed by atoms with Gasteiger partial charge in [0.05, 0.1) is 6.57 Å². The molecule has 1 aliphatic carbocycles. The molecule has 0 unspecified atom stereocenters. The Morgan fingerprint density at radius 3 is 2.25 bits per heavy atom. The van der Waals surface area contributed by atoms with Gasteiger partial charge in [-0.15, -0.1) is 0 Å². The molecule has 2 rings (SSSR count). The van der Waals surface area contributed by atoms with Crippen LogP contribution in [-0.2, 0) is 5.54 Å². The van der Waals surface area contributed by atoms with E-state index in [9.17, 15) is 0 Å². The van der Waals surface area contributed by atoms with Gasteiger partial charge in [0.25, 0.3) is 0 Å². The summed E-state index contributed by atoms with van der Waals surface area (Å²) in [6, 6.07) is 7.57.